The number of methoxy groups -OCH3 is 1. The minimum Gasteiger partial charge on any atom is -0.496 e. The number of hydrogen-bond acceptors (Lipinski definition) is 3. The van der Waals surface area contributed by atoms with Gasteiger partial charge in [0.1, 0.15) is 5.75 Å². The molecule has 1 aromatic rings. The van der Waals surface area contributed by atoms with Crippen molar-refractivity contribution in [2.75, 3.05) is 20.2 Å². The molecule has 1 aliphatic rings. The zero-order valence-corrected chi connectivity index (χ0v) is 13.1. The lowest BCUT2D eigenvalue weighted by atomic mass is 10.2. The van der Waals surface area contributed by atoms with E-state index in [2.05, 4.69) is 5.32 Å². The standard InChI is InChI=1S/C17H26N2O2/c1-14(17(20)19-11-7-3-4-8-12-19)18-13-15-9-5-6-10-16(15)21-2/h5-6,9-10,14,18H,3-4,7-8,11-13H2,1-2H3. The van der Waals surface area contributed by atoms with E-state index in [0.717, 1.165) is 37.2 Å². The predicted octanol–water partition coefficient (Wildman–Crippen LogP) is 2.58. The van der Waals surface area contributed by atoms with Gasteiger partial charge in [-0.2, -0.15) is 0 Å². The van der Waals surface area contributed by atoms with Crippen molar-refractivity contribution >= 4 is 5.91 Å². The maximum atomic E-state index is 12.5. The Morgan fingerprint density at radius 3 is 2.57 bits per heavy atom. The summed E-state index contributed by atoms with van der Waals surface area (Å²) >= 11 is 0. The third-order valence-corrected chi connectivity index (χ3v) is 4.08. The van der Waals surface area contributed by atoms with Gasteiger partial charge in [-0.15, -0.1) is 0 Å². The van der Waals surface area contributed by atoms with E-state index in [1.165, 1.54) is 12.8 Å². The number of amides is 1. The van der Waals surface area contributed by atoms with Crippen LogP contribution in [0.3, 0.4) is 0 Å². The van der Waals surface area contributed by atoms with Gasteiger partial charge in [-0.3, -0.25) is 4.79 Å². The number of benzene rings is 1. The molecule has 1 saturated heterocycles. The van der Waals surface area contributed by atoms with Crippen molar-refractivity contribution in [1.29, 1.82) is 0 Å². The molecule has 0 spiro atoms. The first kappa shape index (κ1) is 15.8. The van der Waals surface area contributed by atoms with Gasteiger partial charge in [0.25, 0.3) is 0 Å². The van der Waals surface area contributed by atoms with Gasteiger partial charge in [-0.25, -0.2) is 0 Å². The number of likely N-dealkylation sites (tertiary alicyclic amines) is 1. The van der Waals surface area contributed by atoms with E-state index in [-0.39, 0.29) is 11.9 Å². The van der Waals surface area contributed by atoms with E-state index in [1.807, 2.05) is 36.1 Å². The Labute approximate surface area is 127 Å². The van der Waals surface area contributed by atoms with E-state index < -0.39 is 0 Å². The third kappa shape index (κ3) is 4.46. The molecule has 1 aromatic carbocycles. The van der Waals surface area contributed by atoms with Crippen molar-refractivity contribution in [3.8, 4) is 5.75 Å². The SMILES string of the molecule is COc1ccccc1CNC(C)C(=O)N1CCCCCC1. The largest absolute Gasteiger partial charge is 0.496 e. The molecule has 21 heavy (non-hydrogen) atoms. The maximum absolute atomic E-state index is 12.5. The highest BCUT2D eigenvalue weighted by Crippen LogP contribution is 2.17. The minimum atomic E-state index is -0.159. The van der Waals surface area contributed by atoms with Crippen molar-refractivity contribution in [2.45, 2.75) is 45.2 Å². The molecular formula is C17H26N2O2. The summed E-state index contributed by atoms with van der Waals surface area (Å²) in [6.45, 7) is 4.40. The molecule has 0 aliphatic carbocycles. The summed E-state index contributed by atoms with van der Waals surface area (Å²) in [5.41, 5.74) is 1.08. The van der Waals surface area contributed by atoms with Crippen LogP contribution in [0.1, 0.15) is 38.2 Å². The van der Waals surface area contributed by atoms with Crippen LogP contribution in [0, 0.1) is 0 Å². The van der Waals surface area contributed by atoms with Crippen molar-refractivity contribution in [2.24, 2.45) is 0 Å². The fourth-order valence-corrected chi connectivity index (χ4v) is 2.76. The van der Waals surface area contributed by atoms with Crippen LogP contribution in [0.25, 0.3) is 0 Å². The average molecular weight is 290 g/mol. The molecule has 0 aromatic heterocycles. The summed E-state index contributed by atoms with van der Waals surface area (Å²) < 4.78 is 5.34. The zero-order valence-electron chi connectivity index (χ0n) is 13.1. The molecular weight excluding hydrogens is 264 g/mol. The molecule has 0 radical (unpaired) electrons. The summed E-state index contributed by atoms with van der Waals surface area (Å²) in [4.78, 5) is 14.5. The fraction of sp³-hybridized carbons (Fsp3) is 0.588. The van der Waals surface area contributed by atoms with Crippen LogP contribution in [0.2, 0.25) is 0 Å². The monoisotopic (exact) mass is 290 g/mol. The number of hydrogen-bond donors (Lipinski definition) is 1. The molecule has 0 bridgehead atoms. The van der Waals surface area contributed by atoms with Crippen LogP contribution >= 0.6 is 0 Å². The molecule has 4 nitrogen and oxygen atoms in total. The second-order valence-corrected chi connectivity index (χ2v) is 5.65. The smallest absolute Gasteiger partial charge is 0.239 e. The lowest BCUT2D eigenvalue weighted by Gasteiger charge is -2.25. The van der Waals surface area contributed by atoms with Gasteiger partial charge in [0.05, 0.1) is 13.2 Å². The Morgan fingerprint density at radius 1 is 1.24 bits per heavy atom. The van der Waals surface area contributed by atoms with Crippen LogP contribution in [0.15, 0.2) is 24.3 Å². The van der Waals surface area contributed by atoms with Crippen LogP contribution in [-0.2, 0) is 11.3 Å². The number of carbonyl (C=O) groups excluding carboxylic acids is 1. The summed E-state index contributed by atoms with van der Waals surface area (Å²) in [6.07, 6.45) is 4.75. The van der Waals surface area contributed by atoms with Gasteiger partial charge < -0.3 is 15.0 Å². The first-order valence-electron chi connectivity index (χ1n) is 7.86. The summed E-state index contributed by atoms with van der Waals surface area (Å²) in [5.74, 6) is 1.08. The highest BCUT2D eigenvalue weighted by molar-refractivity contribution is 5.81. The number of ether oxygens (including phenoxy) is 1. The number of carbonyl (C=O) groups is 1. The van der Waals surface area contributed by atoms with Gasteiger partial charge in [-0.05, 0) is 25.8 Å². The zero-order chi connectivity index (χ0) is 15.1. The Kier molecular flexibility index (Phi) is 6.05. The normalized spacial score (nSPS) is 17.1. The third-order valence-electron chi connectivity index (χ3n) is 4.08. The van der Waals surface area contributed by atoms with Crippen LogP contribution in [0.4, 0.5) is 0 Å². The van der Waals surface area contributed by atoms with Gasteiger partial charge >= 0.3 is 0 Å². The quantitative estimate of drug-likeness (QED) is 0.906. The molecule has 1 heterocycles. The Bertz CT molecular complexity index is 454. The van der Waals surface area contributed by atoms with Gasteiger partial charge in [0.15, 0.2) is 0 Å². The minimum absolute atomic E-state index is 0.159. The van der Waals surface area contributed by atoms with Gasteiger partial charge in [0, 0.05) is 25.2 Å². The molecule has 2 rings (SSSR count). The topological polar surface area (TPSA) is 41.6 Å². The Morgan fingerprint density at radius 2 is 1.90 bits per heavy atom. The predicted molar refractivity (Wildman–Crippen MR) is 84.3 cm³/mol. The maximum Gasteiger partial charge on any atom is 0.239 e. The summed E-state index contributed by atoms with van der Waals surface area (Å²) in [7, 11) is 1.67. The van der Waals surface area contributed by atoms with Crippen LogP contribution in [-0.4, -0.2) is 37.0 Å². The number of para-hydroxylation sites is 1. The highest BCUT2D eigenvalue weighted by atomic mass is 16.5. The van der Waals surface area contributed by atoms with Crippen molar-refractivity contribution in [3.63, 3.8) is 0 Å². The number of nitrogens with one attached hydrogen (secondary N) is 1. The number of nitrogens with zero attached hydrogens (tertiary/aromatic N) is 1. The molecule has 0 saturated carbocycles. The van der Waals surface area contributed by atoms with Crippen LogP contribution < -0.4 is 10.1 Å². The first-order chi connectivity index (χ1) is 10.2. The van der Waals surface area contributed by atoms with E-state index in [1.54, 1.807) is 7.11 Å². The molecule has 1 aliphatic heterocycles. The second kappa shape index (κ2) is 8.03. The average Bonchev–Trinajstić information content (AvgIpc) is 2.81. The van der Waals surface area contributed by atoms with E-state index in [9.17, 15) is 4.79 Å². The molecule has 4 heteroatoms. The fourth-order valence-electron chi connectivity index (χ4n) is 2.76. The lowest BCUT2D eigenvalue weighted by Crippen LogP contribution is -2.45. The molecule has 116 valence electrons. The summed E-state index contributed by atoms with van der Waals surface area (Å²) in [5, 5.41) is 3.32. The Hall–Kier alpha value is -1.55. The van der Waals surface area contributed by atoms with Gasteiger partial charge in [0.2, 0.25) is 5.91 Å². The van der Waals surface area contributed by atoms with Gasteiger partial charge in [-0.1, -0.05) is 31.0 Å². The van der Waals surface area contributed by atoms with E-state index in [0.29, 0.717) is 6.54 Å². The van der Waals surface area contributed by atoms with E-state index >= 15 is 0 Å². The van der Waals surface area contributed by atoms with E-state index in [4.69, 9.17) is 4.74 Å². The second-order valence-electron chi connectivity index (χ2n) is 5.65. The highest BCUT2D eigenvalue weighted by Gasteiger charge is 2.21. The molecule has 1 N–H and O–H groups in total. The lowest BCUT2D eigenvalue weighted by molar-refractivity contribution is -0.133. The molecule has 1 unspecified atom stereocenters. The Balaban J connectivity index is 1.88. The van der Waals surface area contributed by atoms with Crippen molar-refractivity contribution in [1.82, 2.24) is 10.2 Å². The number of rotatable bonds is 5. The van der Waals surface area contributed by atoms with Crippen molar-refractivity contribution in [3.05, 3.63) is 29.8 Å². The molecule has 1 amide bonds. The molecule has 1 atom stereocenters. The summed E-state index contributed by atoms with van der Waals surface area (Å²) in [6, 6.07) is 7.75. The van der Waals surface area contributed by atoms with Crippen molar-refractivity contribution < 1.29 is 9.53 Å². The first-order valence-corrected chi connectivity index (χ1v) is 7.86. The molecule has 1 fully saturated rings. The van der Waals surface area contributed by atoms with Crippen LogP contribution in [0.5, 0.6) is 5.75 Å².